The molecule has 0 spiro atoms. The topological polar surface area (TPSA) is 88.3 Å². The molecule has 29 heavy (non-hydrogen) atoms. The van der Waals surface area contributed by atoms with Crippen molar-refractivity contribution in [2.45, 2.75) is 32.9 Å². The summed E-state index contributed by atoms with van der Waals surface area (Å²) in [5.41, 5.74) is 5.60. The molecule has 2 aromatic heterocycles. The number of nitrogens with two attached hydrogens (primary N) is 1. The molecule has 1 aliphatic rings. The number of carbonyl (C=O) groups excluding carboxylic acids is 2. The van der Waals surface area contributed by atoms with Crippen molar-refractivity contribution in [1.29, 1.82) is 0 Å². The molecule has 2 amide bonds. The number of pyridine rings is 1. The van der Waals surface area contributed by atoms with E-state index in [1.165, 1.54) is 28.5 Å². The van der Waals surface area contributed by atoms with E-state index in [0.29, 0.717) is 30.0 Å². The van der Waals surface area contributed by atoms with Crippen molar-refractivity contribution >= 4 is 34.0 Å². The van der Waals surface area contributed by atoms with Crippen molar-refractivity contribution in [3.63, 3.8) is 0 Å². The number of piperidine rings is 1. The molecule has 156 valence electrons. The molecular formula is C19H21F3N4O2S. The quantitative estimate of drug-likeness (QED) is 0.780. The fourth-order valence-electron chi connectivity index (χ4n) is 3.48. The van der Waals surface area contributed by atoms with Crippen LogP contribution in [0.15, 0.2) is 18.3 Å². The molecule has 10 heteroatoms. The number of aromatic nitrogens is 1. The van der Waals surface area contributed by atoms with Crippen LogP contribution in [-0.4, -0.2) is 29.9 Å². The molecule has 1 atom stereocenters. The molecular weight excluding hydrogens is 405 g/mol. The Labute approximate surface area is 169 Å². The van der Waals surface area contributed by atoms with Crippen molar-refractivity contribution in [2.24, 2.45) is 11.7 Å². The third kappa shape index (κ3) is 4.36. The molecule has 1 aliphatic heterocycles. The molecule has 1 fully saturated rings. The summed E-state index contributed by atoms with van der Waals surface area (Å²) in [7, 11) is 0. The number of nitrogens with one attached hydrogen (secondary N) is 1. The lowest BCUT2D eigenvalue weighted by molar-refractivity contribution is -0.137. The van der Waals surface area contributed by atoms with Gasteiger partial charge < -0.3 is 16.0 Å². The Kier molecular flexibility index (Phi) is 5.83. The van der Waals surface area contributed by atoms with Gasteiger partial charge in [0.05, 0.1) is 17.0 Å². The summed E-state index contributed by atoms with van der Waals surface area (Å²) >= 11 is 1.26. The number of alkyl halides is 3. The van der Waals surface area contributed by atoms with Crippen molar-refractivity contribution < 1.29 is 22.8 Å². The second-order valence-corrected chi connectivity index (χ2v) is 8.22. The lowest BCUT2D eigenvalue weighted by atomic mass is 9.96. The molecule has 0 bridgehead atoms. The van der Waals surface area contributed by atoms with Gasteiger partial charge in [-0.3, -0.25) is 9.59 Å². The number of thiophene rings is 1. The minimum absolute atomic E-state index is 0.112. The second kappa shape index (κ2) is 8.02. The van der Waals surface area contributed by atoms with E-state index in [-0.39, 0.29) is 23.8 Å². The Hall–Kier alpha value is -2.62. The average Bonchev–Trinajstić information content (AvgIpc) is 2.94. The van der Waals surface area contributed by atoms with Crippen LogP contribution in [0.1, 0.15) is 39.2 Å². The van der Waals surface area contributed by atoms with E-state index in [1.807, 2.05) is 6.92 Å². The molecule has 1 saturated heterocycles. The van der Waals surface area contributed by atoms with Crippen LogP contribution in [0, 0.1) is 19.8 Å². The molecule has 0 radical (unpaired) electrons. The van der Waals surface area contributed by atoms with Gasteiger partial charge in [-0.1, -0.05) is 0 Å². The van der Waals surface area contributed by atoms with Crippen molar-refractivity contribution in [1.82, 2.24) is 4.98 Å². The number of amides is 2. The van der Waals surface area contributed by atoms with Gasteiger partial charge >= 0.3 is 6.18 Å². The van der Waals surface area contributed by atoms with E-state index in [2.05, 4.69) is 10.3 Å². The number of halogens is 3. The standard InChI is InChI=1S/C19H21F3N4O2S/c1-10-11(2)29-18(14(10)15(23)27)25-17(28)12-5-4-8-26(9-12)16-13(19(20,21)22)6-3-7-24-16/h3,6-7,12H,4-5,8-9H2,1-2H3,(H2,23,27)(H,25,28). The van der Waals surface area contributed by atoms with E-state index in [1.54, 1.807) is 6.92 Å². The van der Waals surface area contributed by atoms with E-state index < -0.39 is 23.6 Å². The molecule has 3 N–H and O–H groups in total. The maximum Gasteiger partial charge on any atom is 0.419 e. The maximum atomic E-state index is 13.3. The summed E-state index contributed by atoms with van der Waals surface area (Å²) in [4.78, 5) is 30.8. The summed E-state index contributed by atoms with van der Waals surface area (Å²) in [5, 5.41) is 3.13. The van der Waals surface area contributed by atoms with E-state index >= 15 is 0 Å². The maximum absolute atomic E-state index is 13.3. The summed E-state index contributed by atoms with van der Waals surface area (Å²) in [6.07, 6.45) is -2.13. The highest BCUT2D eigenvalue weighted by Gasteiger charge is 2.37. The minimum atomic E-state index is -4.53. The average molecular weight is 426 g/mol. The van der Waals surface area contributed by atoms with Crippen LogP contribution >= 0.6 is 11.3 Å². The first-order chi connectivity index (χ1) is 13.6. The minimum Gasteiger partial charge on any atom is -0.365 e. The highest BCUT2D eigenvalue weighted by molar-refractivity contribution is 7.16. The fourth-order valence-corrected chi connectivity index (χ4v) is 4.55. The van der Waals surface area contributed by atoms with Crippen LogP contribution in [0.4, 0.5) is 24.0 Å². The Morgan fingerprint density at radius 2 is 2.07 bits per heavy atom. The third-order valence-electron chi connectivity index (χ3n) is 5.05. The summed E-state index contributed by atoms with van der Waals surface area (Å²) in [5.74, 6) is -1.67. The zero-order valence-electron chi connectivity index (χ0n) is 16.0. The SMILES string of the molecule is Cc1sc(NC(=O)C2CCCN(c3ncccc3C(F)(F)F)C2)c(C(N)=O)c1C. The first-order valence-electron chi connectivity index (χ1n) is 9.07. The summed E-state index contributed by atoms with van der Waals surface area (Å²) in [6.45, 7) is 4.07. The normalized spacial score (nSPS) is 17.3. The number of nitrogens with zero attached hydrogens (tertiary/aromatic N) is 2. The van der Waals surface area contributed by atoms with Crippen molar-refractivity contribution in [3.05, 3.63) is 39.9 Å². The van der Waals surface area contributed by atoms with E-state index in [0.717, 1.165) is 10.9 Å². The van der Waals surface area contributed by atoms with Gasteiger partial charge in [0, 0.05) is 24.2 Å². The zero-order valence-corrected chi connectivity index (χ0v) is 16.8. The molecule has 0 aliphatic carbocycles. The zero-order chi connectivity index (χ0) is 21.3. The molecule has 0 saturated carbocycles. The van der Waals surface area contributed by atoms with Crippen LogP contribution in [0.2, 0.25) is 0 Å². The monoisotopic (exact) mass is 426 g/mol. The Morgan fingerprint density at radius 1 is 1.34 bits per heavy atom. The predicted octanol–water partition coefficient (Wildman–Crippen LogP) is 3.73. The lowest BCUT2D eigenvalue weighted by Gasteiger charge is -2.34. The number of hydrogen-bond donors (Lipinski definition) is 2. The third-order valence-corrected chi connectivity index (χ3v) is 6.17. The predicted molar refractivity (Wildman–Crippen MR) is 105 cm³/mol. The van der Waals surface area contributed by atoms with Crippen LogP contribution < -0.4 is 16.0 Å². The van der Waals surface area contributed by atoms with Crippen LogP contribution in [0.25, 0.3) is 0 Å². The molecule has 2 aromatic rings. The fraction of sp³-hybridized carbons (Fsp3) is 0.421. The highest BCUT2D eigenvalue weighted by atomic mass is 32.1. The van der Waals surface area contributed by atoms with Gasteiger partial charge in [-0.25, -0.2) is 4.98 Å². The highest BCUT2D eigenvalue weighted by Crippen LogP contribution is 2.37. The van der Waals surface area contributed by atoms with Gasteiger partial charge in [-0.2, -0.15) is 13.2 Å². The lowest BCUT2D eigenvalue weighted by Crippen LogP contribution is -2.42. The number of carbonyl (C=O) groups is 2. The van der Waals surface area contributed by atoms with Crippen molar-refractivity contribution in [3.8, 4) is 0 Å². The Bertz CT molecular complexity index is 942. The molecule has 6 nitrogen and oxygen atoms in total. The number of anilines is 2. The van der Waals surface area contributed by atoms with Crippen LogP contribution in [0.3, 0.4) is 0 Å². The number of primary amides is 1. The van der Waals surface area contributed by atoms with Crippen LogP contribution in [0.5, 0.6) is 0 Å². The number of aryl methyl sites for hydroxylation is 1. The second-order valence-electron chi connectivity index (χ2n) is 7.00. The van der Waals surface area contributed by atoms with E-state index in [4.69, 9.17) is 5.73 Å². The number of hydrogen-bond acceptors (Lipinski definition) is 5. The van der Waals surface area contributed by atoms with Gasteiger partial charge in [-0.15, -0.1) is 11.3 Å². The van der Waals surface area contributed by atoms with E-state index in [9.17, 15) is 22.8 Å². The summed E-state index contributed by atoms with van der Waals surface area (Å²) < 4.78 is 40.0. The molecule has 3 heterocycles. The largest absolute Gasteiger partial charge is 0.419 e. The molecule has 0 aromatic carbocycles. The first-order valence-corrected chi connectivity index (χ1v) is 9.89. The smallest absolute Gasteiger partial charge is 0.365 e. The molecule has 1 unspecified atom stereocenters. The van der Waals surface area contributed by atoms with Crippen LogP contribution in [-0.2, 0) is 11.0 Å². The van der Waals surface area contributed by atoms with Crippen molar-refractivity contribution in [2.75, 3.05) is 23.3 Å². The van der Waals surface area contributed by atoms with Gasteiger partial charge in [0.1, 0.15) is 10.8 Å². The number of rotatable bonds is 4. The summed E-state index contributed by atoms with van der Waals surface area (Å²) in [6, 6.07) is 2.23. The van der Waals surface area contributed by atoms with Gasteiger partial charge in [0.15, 0.2) is 0 Å². The van der Waals surface area contributed by atoms with Gasteiger partial charge in [0.2, 0.25) is 5.91 Å². The van der Waals surface area contributed by atoms with Gasteiger partial charge in [-0.05, 0) is 44.4 Å². The van der Waals surface area contributed by atoms with Gasteiger partial charge in [0.25, 0.3) is 5.91 Å². The molecule has 3 rings (SSSR count). The first kappa shape index (κ1) is 21.1. The Balaban J connectivity index is 1.80. The Morgan fingerprint density at radius 3 is 2.72 bits per heavy atom.